The number of H-pyrrole nitrogens is 2. The minimum Gasteiger partial charge on any atom is -0.352 e. The van der Waals surface area contributed by atoms with E-state index < -0.39 is 0 Å². The van der Waals surface area contributed by atoms with E-state index in [9.17, 15) is 0 Å². The fraction of sp³-hybridized carbons (Fsp3) is 0.242. The lowest BCUT2D eigenvalue weighted by Crippen LogP contribution is -2.28. The fourth-order valence-electron chi connectivity index (χ4n) is 5.50. The molecule has 3 N–H and O–H groups in total. The Balaban J connectivity index is 1.36. The Morgan fingerprint density at radius 2 is 1.93 bits per heavy atom. The van der Waals surface area contributed by atoms with Crippen molar-refractivity contribution in [2.24, 2.45) is 5.92 Å². The van der Waals surface area contributed by atoms with Crippen LogP contribution in [0.5, 0.6) is 0 Å². The number of allylic oxidation sites excluding steroid dienone is 3. The lowest BCUT2D eigenvalue weighted by Gasteiger charge is -2.22. The zero-order chi connectivity index (χ0) is 27.6. The molecule has 1 aliphatic heterocycles. The molecule has 1 aliphatic rings. The van der Waals surface area contributed by atoms with Crippen LogP contribution in [0, 0.1) is 5.92 Å². The summed E-state index contributed by atoms with van der Waals surface area (Å²) in [5.74, 6) is 0.714. The third-order valence-electron chi connectivity index (χ3n) is 7.70. The normalized spacial score (nSPS) is 15.2. The summed E-state index contributed by atoms with van der Waals surface area (Å²) in [6, 6.07) is 8.71. The smallest absolute Gasteiger partial charge is 0.116 e. The predicted molar refractivity (Wildman–Crippen MR) is 168 cm³/mol. The zero-order valence-corrected chi connectivity index (χ0v) is 23.9. The third-order valence-corrected chi connectivity index (χ3v) is 8.98. The zero-order valence-electron chi connectivity index (χ0n) is 23.1. The van der Waals surface area contributed by atoms with E-state index in [1.807, 2.05) is 31.7 Å². The number of pyridine rings is 2. The van der Waals surface area contributed by atoms with Gasteiger partial charge in [0.15, 0.2) is 0 Å². The Kier molecular flexibility index (Phi) is 7.32. The summed E-state index contributed by atoms with van der Waals surface area (Å²) in [5, 5.41) is 14.1. The molecule has 0 bridgehead atoms. The second-order valence-electron chi connectivity index (χ2n) is 10.6. The van der Waals surface area contributed by atoms with E-state index in [0.717, 1.165) is 74.6 Å². The summed E-state index contributed by atoms with van der Waals surface area (Å²) in [6.45, 7) is 14.7. The van der Waals surface area contributed by atoms with E-state index in [-0.39, 0.29) is 0 Å². The van der Waals surface area contributed by atoms with Crippen molar-refractivity contribution in [3.63, 3.8) is 0 Å². The number of hydrogen-bond donors (Lipinski definition) is 3. The van der Waals surface area contributed by atoms with Crippen LogP contribution < -0.4 is 15.9 Å². The van der Waals surface area contributed by atoms with Gasteiger partial charge in [0.2, 0.25) is 0 Å². The number of fused-ring (bicyclic) bond motifs is 1. The van der Waals surface area contributed by atoms with Crippen LogP contribution in [0.3, 0.4) is 0 Å². The van der Waals surface area contributed by atoms with Crippen LogP contribution in [0.25, 0.3) is 56.5 Å². The molecule has 7 heteroatoms. The van der Waals surface area contributed by atoms with Gasteiger partial charge in [-0.25, -0.2) is 0 Å². The summed E-state index contributed by atoms with van der Waals surface area (Å²) >= 11 is 1.73. The maximum atomic E-state index is 4.66. The predicted octanol–water partition coefficient (Wildman–Crippen LogP) is 5.95. The second-order valence-corrected chi connectivity index (χ2v) is 11.7. The number of thiophene rings is 1. The molecule has 0 saturated carbocycles. The lowest BCUT2D eigenvalue weighted by molar-refractivity contribution is 0.372. The molecule has 40 heavy (non-hydrogen) atoms. The number of aromatic nitrogens is 5. The fourth-order valence-corrected chi connectivity index (χ4v) is 6.46. The summed E-state index contributed by atoms with van der Waals surface area (Å²) in [4.78, 5) is 15.0. The van der Waals surface area contributed by atoms with Crippen LogP contribution in [-0.4, -0.2) is 38.2 Å². The van der Waals surface area contributed by atoms with E-state index in [2.05, 4.69) is 87.0 Å². The van der Waals surface area contributed by atoms with E-state index in [0.29, 0.717) is 5.92 Å². The number of nitrogens with one attached hydrogen (secondary N) is 3. The highest BCUT2D eigenvalue weighted by molar-refractivity contribution is 7.16. The molecule has 5 aromatic heterocycles. The van der Waals surface area contributed by atoms with Crippen molar-refractivity contribution in [1.82, 2.24) is 30.5 Å². The van der Waals surface area contributed by atoms with Crippen LogP contribution in [0.1, 0.15) is 42.7 Å². The third kappa shape index (κ3) is 5.22. The Morgan fingerprint density at radius 1 is 1.10 bits per heavy atom. The maximum Gasteiger partial charge on any atom is 0.116 e. The highest BCUT2D eigenvalue weighted by atomic mass is 32.1. The van der Waals surface area contributed by atoms with Gasteiger partial charge in [0, 0.05) is 44.5 Å². The average molecular weight is 547 g/mol. The van der Waals surface area contributed by atoms with Gasteiger partial charge in [0.25, 0.3) is 0 Å². The van der Waals surface area contributed by atoms with Gasteiger partial charge in [-0.2, -0.15) is 5.10 Å². The molecule has 6 heterocycles. The van der Waals surface area contributed by atoms with Crippen molar-refractivity contribution in [2.75, 3.05) is 13.1 Å². The Hall–Kier alpha value is -4.07. The summed E-state index contributed by atoms with van der Waals surface area (Å²) < 4.78 is 0. The topological polar surface area (TPSA) is 82.3 Å². The van der Waals surface area contributed by atoms with Crippen molar-refractivity contribution in [3.05, 3.63) is 88.3 Å². The largest absolute Gasteiger partial charge is 0.352 e. The number of hydrogen-bond acceptors (Lipinski definition) is 5. The van der Waals surface area contributed by atoms with Crippen LogP contribution in [-0.2, 0) is 6.42 Å². The molecular weight excluding hydrogens is 512 g/mol. The second kappa shape index (κ2) is 11.2. The Bertz CT molecular complexity index is 1830. The minimum absolute atomic E-state index is 0.714. The van der Waals surface area contributed by atoms with Gasteiger partial charge in [-0.05, 0) is 105 Å². The quantitative estimate of drug-likeness (QED) is 0.236. The first-order valence-corrected chi connectivity index (χ1v) is 14.6. The first kappa shape index (κ1) is 26.2. The molecule has 0 radical (unpaired) electrons. The van der Waals surface area contributed by atoms with Crippen LogP contribution in [0.15, 0.2) is 61.7 Å². The molecule has 0 spiro atoms. The number of piperidine rings is 1. The monoisotopic (exact) mass is 546 g/mol. The van der Waals surface area contributed by atoms with Gasteiger partial charge in [0.1, 0.15) is 5.69 Å². The molecule has 202 valence electrons. The standard InChI is InChI=1S/C33H34N6S/c1-5-24(25-13-23(16-35-17-25)12-22-8-10-34-11-9-22)14-26-21(4)38-39-33(26)29-15-27-28(18-36-19-30(27)37-29)32-7-6-31(40-32)20(2)3/h5-7,13-19,22,34,37-38H,2,4,8-12H2,1,3H3/b24-5+,26-14+. The first-order chi connectivity index (χ1) is 19.5. The average Bonchev–Trinajstić information content (AvgIpc) is 3.71. The molecule has 1 saturated heterocycles. The molecular formula is C33H34N6S. The first-order valence-electron chi connectivity index (χ1n) is 13.8. The van der Waals surface area contributed by atoms with Gasteiger partial charge in [-0.1, -0.05) is 19.2 Å². The van der Waals surface area contributed by atoms with E-state index in [4.69, 9.17) is 0 Å². The van der Waals surface area contributed by atoms with Crippen molar-refractivity contribution >= 4 is 46.0 Å². The Morgan fingerprint density at radius 3 is 2.70 bits per heavy atom. The molecule has 5 aromatic rings. The molecule has 0 atom stereocenters. The van der Waals surface area contributed by atoms with Crippen molar-refractivity contribution in [2.45, 2.75) is 33.1 Å². The Labute approximate surface area is 238 Å². The van der Waals surface area contributed by atoms with E-state index >= 15 is 0 Å². The van der Waals surface area contributed by atoms with Crippen molar-refractivity contribution in [1.29, 1.82) is 0 Å². The van der Waals surface area contributed by atoms with Gasteiger partial charge in [-0.3, -0.25) is 15.1 Å². The maximum absolute atomic E-state index is 4.66. The molecule has 1 fully saturated rings. The van der Waals surface area contributed by atoms with Gasteiger partial charge < -0.3 is 10.3 Å². The van der Waals surface area contributed by atoms with Gasteiger partial charge in [-0.15, -0.1) is 11.3 Å². The molecule has 6 rings (SSSR count). The minimum atomic E-state index is 0.714. The van der Waals surface area contributed by atoms with Gasteiger partial charge in [0.05, 0.1) is 22.8 Å². The molecule has 0 unspecified atom stereocenters. The lowest BCUT2D eigenvalue weighted by atomic mass is 9.91. The number of aromatic amines is 2. The molecule has 0 amide bonds. The summed E-state index contributed by atoms with van der Waals surface area (Å²) in [5.41, 5.74) is 8.38. The molecule has 0 aliphatic carbocycles. The van der Waals surface area contributed by atoms with E-state index in [1.54, 1.807) is 11.3 Å². The van der Waals surface area contributed by atoms with E-state index in [1.165, 1.54) is 28.2 Å². The summed E-state index contributed by atoms with van der Waals surface area (Å²) in [6.07, 6.45) is 15.6. The highest BCUT2D eigenvalue weighted by Crippen LogP contribution is 2.36. The van der Waals surface area contributed by atoms with Crippen LogP contribution >= 0.6 is 11.3 Å². The highest BCUT2D eigenvalue weighted by Gasteiger charge is 2.16. The number of rotatable bonds is 7. The van der Waals surface area contributed by atoms with Crippen molar-refractivity contribution < 1.29 is 0 Å². The van der Waals surface area contributed by atoms with Gasteiger partial charge >= 0.3 is 0 Å². The summed E-state index contributed by atoms with van der Waals surface area (Å²) in [7, 11) is 0. The van der Waals surface area contributed by atoms with Crippen molar-refractivity contribution in [3.8, 4) is 21.8 Å². The SMILES string of the molecule is C=C(C)c1ccc(-c2cncc3[nH]c(-c4n[nH]c(=C)/c4=C\C(=C/C)c4cncc(CC5CCNCC5)c4)cc23)s1. The molecule has 0 aromatic carbocycles. The van der Waals surface area contributed by atoms with Crippen LogP contribution in [0.4, 0.5) is 0 Å². The van der Waals surface area contributed by atoms with Crippen LogP contribution in [0.2, 0.25) is 0 Å². The molecule has 6 nitrogen and oxygen atoms in total. The number of nitrogens with zero attached hydrogens (tertiary/aromatic N) is 3.